The predicted molar refractivity (Wildman–Crippen MR) is 128 cm³/mol. The SMILES string of the molecule is CC1CC(C)C(C(=O)O)N(C(=O)C[C@H](C)NC(=O)OCC2c3ccccc3-c3ccccc32)C1. The van der Waals surface area contributed by atoms with Crippen molar-refractivity contribution < 1.29 is 24.2 Å². The summed E-state index contributed by atoms with van der Waals surface area (Å²) in [6.45, 7) is 6.23. The van der Waals surface area contributed by atoms with Crippen LogP contribution < -0.4 is 5.32 Å². The number of ether oxygens (including phenoxy) is 1. The zero-order valence-corrected chi connectivity index (χ0v) is 19.9. The lowest BCUT2D eigenvalue weighted by Crippen LogP contribution is -2.55. The molecule has 3 unspecified atom stereocenters. The number of carboxylic acid groups (broad SMARTS) is 1. The molecule has 1 saturated heterocycles. The van der Waals surface area contributed by atoms with Crippen LogP contribution in [0.15, 0.2) is 48.5 Å². The maximum Gasteiger partial charge on any atom is 0.407 e. The van der Waals surface area contributed by atoms with Crippen molar-refractivity contribution in [1.29, 1.82) is 0 Å². The molecule has 7 nitrogen and oxygen atoms in total. The monoisotopic (exact) mass is 464 g/mol. The van der Waals surface area contributed by atoms with E-state index in [1.54, 1.807) is 6.92 Å². The van der Waals surface area contributed by atoms with Crippen LogP contribution in [-0.4, -0.2) is 53.2 Å². The van der Waals surface area contributed by atoms with Crippen molar-refractivity contribution in [3.63, 3.8) is 0 Å². The van der Waals surface area contributed by atoms with Gasteiger partial charge in [-0.2, -0.15) is 0 Å². The van der Waals surface area contributed by atoms with Crippen molar-refractivity contribution in [1.82, 2.24) is 10.2 Å². The van der Waals surface area contributed by atoms with Crippen molar-refractivity contribution in [2.75, 3.05) is 13.2 Å². The van der Waals surface area contributed by atoms with Gasteiger partial charge >= 0.3 is 12.1 Å². The number of hydrogen-bond acceptors (Lipinski definition) is 4. The molecule has 4 atom stereocenters. The Kier molecular flexibility index (Phi) is 6.91. The number of aliphatic carboxylic acids is 1. The van der Waals surface area contributed by atoms with Crippen LogP contribution in [0.4, 0.5) is 4.79 Å². The highest BCUT2D eigenvalue weighted by Gasteiger charge is 2.39. The molecule has 7 heteroatoms. The number of benzene rings is 2. The first kappa shape index (κ1) is 23.8. The fraction of sp³-hybridized carbons (Fsp3) is 0.444. The summed E-state index contributed by atoms with van der Waals surface area (Å²) in [6.07, 6.45) is 0.208. The Bertz CT molecular complexity index is 1040. The largest absolute Gasteiger partial charge is 0.480 e. The van der Waals surface area contributed by atoms with Crippen LogP contribution in [0.25, 0.3) is 11.1 Å². The van der Waals surface area contributed by atoms with Crippen molar-refractivity contribution >= 4 is 18.0 Å². The molecule has 2 amide bonds. The summed E-state index contributed by atoms with van der Waals surface area (Å²) in [5, 5.41) is 12.4. The molecule has 180 valence electrons. The topological polar surface area (TPSA) is 95.9 Å². The minimum Gasteiger partial charge on any atom is -0.480 e. The molecule has 0 spiro atoms. The molecule has 1 fully saturated rings. The number of piperidine rings is 1. The van der Waals surface area contributed by atoms with Gasteiger partial charge in [0.05, 0.1) is 0 Å². The summed E-state index contributed by atoms with van der Waals surface area (Å²) in [6, 6.07) is 14.9. The quantitative estimate of drug-likeness (QED) is 0.666. The molecule has 0 bridgehead atoms. The lowest BCUT2D eigenvalue weighted by atomic mass is 9.85. The number of carboxylic acids is 1. The van der Waals surface area contributed by atoms with E-state index >= 15 is 0 Å². The molecular weight excluding hydrogens is 432 g/mol. The highest BCUT2D eigenvalue weighted by molar-refractivity contribution is 5.85. The Hall–Kier alpha value is -3.35. The van der Waals surface area contributed by atoms with Crippen molar-refractivity contribution in [3.8, 4) is 11.1 Å². The second kappa shape index (κ2) is 9.87. The fourth-order valence-corrected chi connectivity index (χ4v) is 5.50. The van der Waals surface area contributed by atoms with Crippen molar-refractivity contribution in [3.05, 3.63) is 59.7 Å². The molecule has 0 saturated carbocycles. The molecule has 2 N–H and O–H groups in total. The highest BCUT2D eigenvalue weighted by atomic mass is 16.5. The van der Waals surface area contributed by atoms with Gasteiger partial charge in [-0.15, -0.1) is 0 Å². The third-order valence-electron chi connectivity index (χ3n) is 6.92. The van der Waals surface area contributed by atoms with E-state index in [1.165, 1.54) is 4.90 Å². The van der Waals surface area contributed by atoms with Crippen LogP contribution in [0, 0.1) is 11.8 Å². The van der Waals surface area contributed by atoms with Gasteiger partial charge in [0.1, 0.15) is 12.6 Å². The number of nitrogens with zero attached hydrogens (tertiary/aromatic N) is 1. The third kappa shape index (κ3) is 4.79. The molecule has 1 heterocycles. The van der Waals surface area contributed by atoms with Gasteiger partial charge < -0.3 is 20.1 Å². The van der Waals surface area contributed by atoms with Crippen molar-refractivity contribution in [2.45, 2.75) is 51.6 Å². The molecule has 4 rings (SSSR count). The summed E-state index contributed by atoms with van der Waals surface area (Å²) in [5.41, 5.74) is 4.58. The average Bonchev–Trinajstić information content (AvgIpc) is 3.10. The number of carbonyl (C=O) groups excluding carboxylic acids is 2. The molecule has 1 aliphatic heterocycles. The van der Waals surface area contributed by atoms with Gasteiger partial charge in [-0.25, -0.2) is 9.59 Å². The van der Waals surface area contributed by atoms with E-state index in [4.69, 9.17) is 4.74 Å². The number of carbonyl (C=O) groups is 3. The van der Waals surface area contributed by atoms with E-state index in [0.29, 0.717) is 6.54 Å². The van der Waals surface area contributed by atoms with E-state index in [0.717, 1.165) is 28.7 Å². The minimum atomic E-state index is -0.982. The molecule has 0 aromatic heterocycles. The summed E-state index contributed by atoms with van der Waals surface area (Å²) in [7, 11) is 0. The minimum absolute atomic E-state index is 0.0212. The molecule has 2 aromatic rings. The normalized spacial score (nSPS) is 22.4. The molecular formula is C27H32N2O5. The van der Waals surface area contributed by atoms with Gasteiger partial charge in [0.25, 0.3) is 0 Å². The van der Waals surface area contributed by atoms with Crippen LogP contribution in [0.1, 0.15) is 50.7 Å². The van der Waals surface area contributed by atoms with E-state index in [-0.39, 0.29) is 36.7 Å². The first-order valence-electron chi connectivity index (χ1n) is 11.9. The van der Waals surface area contributed by atoms with Gasteiger partial charge in [0.2, 0.25) is 5.91 Å². The first-order chi connectivity index (χ1) is 16.3. The van der Waals surface area contributed by atoms with E-state index in [2.05, 4.69) is 29.6 Å². The molecule has 34 heavy (non-hydrogen) atoms. The lowest BCUT2D eigenvalue weighted by Gasteiger charge is -2.40. The van der Waals surface area contributed by atoms with Gasteiger partial charge in [-0.1, -0.05) is 62.4 Å². The number of alkyl carbamates (subject to hydrolysis) is 1. The molecule has 2 aromatic carbocycles. The Morgan fingerprint density at radius 2 is 1.65 bits per heavy atom. The Balaban J connectivity index is 1.34. The number of nitrogens with one attached hydrogen (secondary N) is 1. The lowest BCUT2D eigenvalue weighted by molar-refractivity contribution is -0.156. The van der Waals surface area contributed by atoms with Gasteiger partial charge in [-0.3, -0.25) is 4.79 Å². The van der Waals surface area contributed by atoms with Crippen molar-refractivity contribution in [2.24, 2.45) is 11.8 Å². The number of hydrogen-bond donors (Lipinski definition) is 2. The molecule has 0 radical (unpaired) electrons. The van der Waals surface area contributed by atoms with Gasteiger partial charge in [-0.05, 0) is 47.4 Å². The number of amides is 2. The zero-order chi connectivity index (χ0) is 24.4. The Labute approximate surface area is 200 Å². The van der Waals surface area contributed by atoms with Crippen LogP contribution in [0.3, 0.4) is 0 Å². The Morgan fingerprint density at radius 1 is 1.06 bits per heavy atom. The summed E-state index contributed by atoms with van der Waals surface area (Å²) in [5.74, 6) is -1.17. The van der Waals surface area contributed by atoms with E-state index in [9.17, 15) is 19.5 Å². The van der Waals surface area contributed by atoms with Gasteiger partial charge in [0, 0.05) is 24.9 Å². The predicted octanol–water partition coefficient (Wildman–Crippen LogP) is 4.26. The maximum atomic E-state index is 12.9. The standard InChI is InChI=1S/C27H32N2O5/c1-16-12-17(2)25(26(31)32)29(14-16)24(30)13-18(3)28-27(33)34-15-23-21-10-6-4-8-19(21)20-9-5-7-11-22(20)23/h4-11,16-18,23,25H,12-15H2,1-3H3,(H,28,33)(H,31,32)/t16?,17?,18-,25?/m0/s1. The van der Waals surface area contributed by atoms with Crippen LogP contribution in [0.2, 0.25) is 0 Å². The smallest absolute Gasteiger partial charge is 0.407 e. The number of rotatable bonds is 6. The van der Waals surface area contributed by atoms with Crippen LogP contribution in [0.5, 0.6) is 0 Å². The zero-order valence-electron chi connectivity index (χ0n) is 19.9. The summed E-state index contributed by atoms with van der Waals surface area (Å²) >= 11 is 0. The third-order valence-corrected chi connectivity index (χ3v) is 6.92. The summed E-state index contributed by atoms with van der Waals surface area (Å²) in [4.78, 5) is 38.6. The van der Waals surface area contributed by atoms with E-state index < -0.39 is 24.1 Å². The average molecular weight is 465 g/mol. The second-order valence-corrected chi connectivity index (χ2v) is 9.72. The highest BCUT2D eigenvalue weighted by Crippen LogP contribution is 2.44. The molecule has 1 aliphatic carbocycles. The Morgan fingerprint density at radius 3 is 2.24 bits per heavy atom. The number of fused-ring (bicyclic) bond motifs is 3. The first-order valence-corrected chi connectivity index (χ1v) is 11.9. The molecule has 2 aliphatic rings. The fourth-order valence-electron chi connectivity index (χ4n) is 5.50. The second-order valence-electron chi connectivity index (χ2n) is 9.72. The summed E-state index contributed by atoms with van der Waals surface area (Å²) < 4.78 is 5.56. The van der Waals surface area contributed by atoms with E-state index in [1.807, 2.05) is 38.1 Å². The van der Waals surface area contributed by atoms with Crippen LogP contribution >= 0.6 is 0 Å². The van der Waals surface area contributed by atoms with Gasteiger partial charge in [0.15, 0.2) is 0 Å². The number of likely N-dealkylation sites (tertiary alicyclic amines) is 1. The van der Waals surface area contributed by atoms with Crippen LogP contribution in [-0.2, 0) is 14.3 Å². The maximum absolute atomic E-state index is 12.9.